The maximum absolute atomic E-state index is 13.9. The first kappa shape index (κ1) is 24.1. The van der Waals surface area contributed by atoms with Crippen LogP contribution in [0.25, 0.3) is 0 Å². The van der Waals surface area contributed by atoms with Crippen molar-refractivity contribution in [2.24, 2.45) is 5.92 Å². The van der Waals surface area contributed by atoms with E-state index in [1.165, 1.54) is 12.1 Å². The van der Waals surface area contributed by atoms with Crippen molar-refractivity contribution in [2.75, 3.05) is 0 Å². The lowest BCUT2D eigenvalue weighted by atomic mass is 9.71. The number of piperidine rings is 1. The highest BCUT2D eigenvalue weighted by molar-refractivity contribution is 7.89. The van der Waals surface area contributed by atoms with E-state index in [9.17, 15) is 23.6 Å². The molecular weight excluding hydrogens is 452 g/mol. The number of hydrogen-bond donors (Lipinski definition) is 1. The molecule has 7 nitrogen and oxygen atoms in total. The van der Waals surface area contributed by atoms with Crippen LogP contribution in [-0.2, 0) is 10.0 Å². The number of sulfonamides is 1. The van der Waals surface area contributed by atoms with Crippen LogP contribution in [0.15, 0.2) is 89.8 Å². The zero-order valence-corrected chi connectivity index (χ0v) is 19.9. The molecule has 8 heteroatoms. The third kappa shape index (κ3) is 4.24. The van der Waals surface area contributed by atoms with Crippen LogP contribution in [0, 0.1) is 23.0 Å². The molecule has 0 aromatic heterocycles. The van der Waals surface area contributed by atoms with Crippen LogP contribution in [0.2, 0.25) is 0 Å². The topological polar surface area (TPSA) is 101 Å². The number of rotatable bonds is 6. The molecule has 34 heavy (non-hydrogen) atoms. The van der Waals surface area contributed by atoms with Crippen molar-refractivity contribution in [1.29, 1.82) is 0 Å². The van der Waals surface area contributed by atoms with Gasteiger partial charge in [0.2, 0.25) is 16.1 Å². The summed E-state index contributed by atoms with van der Waals surface area (Å²) < 4.78 is 28.8. The van der Waals surface area contributed by atoms with Crippen molar-refractivity contribution in [3.8, 4) is 0 Å². The Morgan fingerprint density at radius 2 is 1.44 bits per heavy atom. The second kappa shape index (κ2) is 9.66. The fourth-order valence-corrected chi connectivity index (χ4v) is 6.80. The van der Waals surface area contributed by atoms with Crippen molar-refractivity contribution in [3.63, 3.8) is 0 Å². The summed E-state index contributed by atoms with van der Waals surface area (Å²) in [6.45, 7) is 3.67. The molecule has 0 saturated carbocycles. The summed E-state index contributed by atoms with van der Waals surface area (Å²) in [6, 6.07) is 21.4. The van der Waals surface area contributed by atoms with E-state index in [0.29, 0.717) is 17.5 Å². The minimum atomic E-state index is -4.26. The van der Waals surface area contributed by atoms with Crippen LogP contribution in [0.4, 0.5) is 0 Å². The number of aliphatic hydroxyl groups excluding tert-OH is 1. The Kier molecular flexibility index (Phi) is 6.84. The average Bonchev–Trinajstić information content (AvgIpc) is 2.84. The largest absolute Gasteiger partial charge is 0.377 e. The summed E-state index contributed by atoms with van der Waals surface area (Å²) in [7, 11) is -4.26. The number of hydrogen-bond acceptors (Lipinski definition) is 5. The molecule has 1 heterocycles. The number of benzene rings is 3. The second-order valence-electron chi connectivity index (χ2n) is 8.70. The molecule has 1 fully saturated rings. The van der Waals surface area contributed by atoms with E-state index in [4.69, 9.17) is 0 Å². The predicted octanol–water partition coefficient (Wildman–Crippen LogP) is 4.51. The van der Waals surface area contributed by atoms with Gasteiger partial charge in [-0.2, -0.15) is 4.31 Å². The van der Waals surface area contributed by atoms with E-state index < -0.39 is 40.2 Å². The molecule has 1 N–H and O–H groups in total. The highest BCUT2D eigenvalue weighted by Gasteiger charge is 2.58. The van der Waals surface area contributed by atoms with Crippen LogP contribution in [0.5, 0.6) is 0 Å². The summed E-state index contributed by atoms with van der Waals surface area (Å²) in [6.07, 6.45) is -1.07. The lowest BCUT2D eigenvalue weighted by molar-refractivity contribution is -0.543. The summed E-state index contributed by atoms with van der Waals surface area (Å²) in [5.74, 6) is -1.34. The Morgan fingerprint density at radius 1 is 0.912 bits per heavy atom. The lowest BCUT2D eigenvalue weighted by Gasteiger charge is -2.47. The number of aryl methyl sites for hydroxylation is 1. The molecule has 5 atom stereocenters. The van der Waals surface area contributed by atoms with Crippen LogP contribution < -0.4 is 0 Å². The van der Waals surface area contributed by atoms with Gasteiger partial charge in [-0.25, -0.2) is 8.42 Å². The Balaban J connectivity index is 1.97. The van der Waals surface area contributed by atoms with Gasteiger partial charge < -0.3 is 5.11 Å². The summed E-state index contributed by atoms with van der Waals surface area (Å²) in [5.41, 5.74) is 2.06. The average molecular weight is 481 g/mol. The molecule has 1 aliphatic heterocycles. The predicted molar refractivity (Wildman–Crippen MR) is 129 cm³/mol. The van der Waals surface area contributed by atoms with Gasteiger partial charge >= 0.3 is 0 Å². The first-order valence-corrected chi connectivity index (χ1v) is 12.7. The molecule has 0 amide bonds. The fourth-order valence-electron chi connectivity index (χ4n) is 5.09. The van der Waals surface area contributed by atoms with E-state index in [1.807, 2.05) is 32.0 Å². The first-order chi connectivity index (χ1) is 16.3. The SMILES string of the molecule is CC[C@H]1C(O)N(S(=O)(=O)c2ccc(C)cc2)[C@H](c2ccccc2)[C@@H]([N+](=O)[O-])[C@@H]1c1ccccc1. The molecule has 1 saturated heterocycles. The second-order valence-corrected chi connectivity index (χ2v) is 10.5. The van der Waals surface area contributed by atoms with Gasteiger partial charge in [-0.1, -0.05) is 85.3 Å². The molecule has 0 bridgehead atoms. The summed E-state index contributed by atoms with van der Waals surface area (Å²) >= 11 is 0. The van der Waals surface area contributed by atoms with Crippen molar-refractivity contribution >= 4 is 10.0 Å². The minimum absolute atomic E-state index is 0.00630. The van der Waals surface area contributed by atoms with Crippen LogP contribution in [-0.4, -0.2) is 35.0 Å². The van der Waals surface area contributed by atoms with Gasteiger partial charge in [-0.05, 0) is 36.6 Å². The Hall–Kier alpha value is -3.07. The van der Waals surface area contributed by atoms with Crippen LogP contribution in [0.3, 0.4) is 0 Å². The highest BCUT2D eigenvalue weighted by Crippen LogP contribution is 2.49. The van der Waals surface area contributed by atoms with E-state index in [-0.39, 0.29) is 9.82 Å². The van der Waals surface area contributed by atoms with Crippen LogP contribution >= 0.6 is 0 Å². The van der Waals surface area contributed by atoms with Crippen molar-refractivity contribution in [3.05, 3.63) is 112 Å². The zero-order valence-electron chi connectivity index (χ0n) is 19.1. The van der Waals surface area contributed by atoms with Gasteiger partial charge in [0, 0.05) is 10.8 Å². The standard InChI is InChI=1S/C26H28N2O5S/c1-3-22-23(19-10-6-4-7-11-19)25(28(30)31)24(20-12-8-5-9-13-20)27(26(22)29)34(32,33)21-16-14-18(2)15-17-21/h4-17,22-26,29H,3H2,1-2H3/t22-,23-,24-,25+,26?/m1/s1. The monoisotopic (exact) mass is 480 g/mol. The third-order valence-corrected chi connectivity index (χ3v) is 8.57. The Morgan fingerprint density at radius 3 is 1.94 bits per heavy atom. The molecular formula is C26H28N2O5S. The van der Waals surface area contributed by atoms with Crippen molar-refractivity contribution in [2.45, 2.75) is 49.4 Å². The minimum Gasteiger partial charge on any atom is -0.377 e. The Labute approximate surface area is 199 Å². The molecule has 1 aliphatic rings. The van der Waals surface area contributed by atoms with Crippen LogP contribution in [0.1, 0.15) is 42.0 Å². The summed E-state index contributed by atoms with van der Waals surface area (Å²) in [5, 5.41) is 24.2. The normalized spacial score (nSPS) is 25.7. The fraction of sp³-hybridized carbons (Fsp3) is 0.308. The number of nitrogens with zero attached hydrogens (tertiary/aromatic N) is 2. The van der Waals surface area contributed by atoms with E-state index in [0.717, 1.165) is 9.87 Å². The smallest absolute Gasteiger partial charge is 0.246 e. The van der Waals surface area contributed by atoms with Gasteiger partial charge in [-0.3, -0.25) is 10.1 Å². The maximum atomic E-state index is 13.9. The number of nitro groups is 1. The molecule has 1 unspecified atom stereocenters. The third-order valence-electron chi connectivity index (χ3n) is 6.71. The van der Waals surface area contributed by atoms with E-state index in [1.54, 1.807) is 54.6 Å². The van der Waals surface area contributed by atoms with Gasteiger partial charge in [0.1, 0.15) is 12.3 Å². The first-order valence-electron chi connectivity index (χ1n) is 11.3. The maximum Gasteiger partial charge on any atom is 0.246 e. The van der Waals surface area contributed by atoms with Gasteiger partial charge in [0.05, 0.1) is 10.8 Å². The van der Waals surface area contributed by atoms with Gasteiger partial charge in [-0.15, -0.1) is 0 Å². The quantitative estimate of drug-likeness (QED) is 0.413. The zero-order chi connectivity index (χ0) is 24.5. The van der Waals surface area contributed by atoms with E-state index >= 15 is 0 Å². The van der Waals surface area contributed by atoms with E-state index in [2.05, 4.69) is 0 Å². The van der Waals surface area contributed by atoms with Gasteiger partial charge in [0.15, 0.2) is 0 Å². The Bertz CT molecular complexity index is 1230. The molecule has 0 spiro atoms. The lowest BCUT2D eigenvalue weighted by Crippen LogP contribution is -2.59. The molecule has 3 aromatic rings. The highest BCUT2D eigenvalue weighted by atomic mass is 32.2. The van der Waals surface area contributed by atoms with Gasteiger partial charge in [0.25, 0.3) is 0 Å². The molecule has 4 rings (SSSR count). The summed E-state index contributed by atoms with van der Waals surface area (Å²) in [4.78, 5) is 12.3. The molecule has 3 aromatic carbocycles. The number of aliphatic hydroxyl groups is 1. The molecule has 178 valence electrons. The van der Waals surface area contributed by atoms with Crippen molar-refractivity contribution < 1.29 is 18.4 Å². The molecule has 0 radical (unpaired) electrons. The van der Waals surface area contributed by atoms with Crippen molar-refractivity contribution in [1.82, 2.24) is 4.31 Å². The molecule has 0 aliphatic carbocycles.